The monoisotopic (exact) mass is 317 g/mol. The van der Waals surface area contributed by atoms with E-state index in [2.05, 4.69) is 36.2 Å². The van der Waals surface area contributed by atoms with Gasteiger partial charge in [-0.1, -0.05) is 35.9 Å². The van der Waals surface area contributed by atoms with E-state index in [1.165, 1.54) is 17.7 Å². The van der Waals surface area contributed by atoms with Crippen molar-refractivity contribution in [2.45, 2.75) is 13.3 Å². The van der Waals surface area contributed by atoms with E-state index in [1.54, 1.807) is 12.3 Å². The minimum atomic E-state index is -0.272. The summed E-state index contributed by atoms with van der Waals surface area (Å²) >= 11 is 0. The fraction of sp³-hybridized carbons (Fsp3) is 0.100. The number of imidazole rings is 1. The minimum Gasteiger partial charge on any atom is -0.280 e. The lowest BCUT2D eigenvalue weighted by molar-refractivity contribution is 0.626. The summed E-state index contributed by atoms with van der Waals surface area (Å²) in [5.41, 5.74) is 4.67. The number of rotatable bonds is 3. The van der Waals surface area contributed by atoms with Crippen LogP contribution in [0.3, 0.4) is 0 Å². The number of pyridine rings is 1. The Hall–Kier alpha value is -3.01. The average Bonchev–Trinajstić information content (AvgIpc) is 2.95. The Labute approximate surface area is 139 Å². The van der Waals surface area contributed by atoms with Crippen LogP contribution in [0.5, 0.6) is 0 Å². The molecule has 0 radical (unpaired) electrons. The van der Waals surface area contributed by atoms with Crippen LogP contribution in [0.15, 0.2) is 66.9 Å². The summed E-state index contributed by atoms with van der Waals surface area (Å²) in [6.45, 7) is 2.07. The molecule has 0 saturated carbocycles. The predicted molar refractivity (Wildman–Crippen MR) is 92.8 cm³/mol. The van der Waals surface area contributed by atoms with Gasteiger partial charge in [0.1, 0.15) is 17.2 Å². The highest BCUT2D eigenvalue weighted by atomic mass is 19.1. The van der Waals surface area contributed by atoms with Gasteiger partial charge in [0.15, 0.2) is 5.65 Å². The lowest BCUT2D eigenvalue weighted by Crippen LogP contribution is -2.03. The van der Waals surface area contributed by atoms with Gasteiger partial charge in [-0.25, -0.2) is 14.4 Å². The highest BCUT2D eigenvalue weighted by molar-refractivity contribution is 5.74. The van der Waals surface area contributed by atoms with Crippen molar-refractivity contribution in [1.29, 1.82) is 0 Å². The Morgan fingerprint density at radius 1 is 1.00 bits per heavy atom. The molecule has 2 aromatic carbocycles. The number of hydrogen-bond donors (Lipinski definition) is 0. The second-order valence-corrected chi connectivity index (χ2v) is 5.85. The summed E-state index contributed by atoms with van der Waals surface area (Å²) in [6, 6.07) is 18.7. The third-order valence-corrected chi connectivity index (χ3v) is 4.03. The van der Waals surface area contributed by atoms with Crippen molar-refractivity contribution in [3.8, 4) is 5.69 Å². The van der Waals surface area contributed by atoms with E-state index in [4.69, 9.17) is 4.98 Å². The van der Waals surface area contributed by atoms with Crippen LogP contribution in [-0.2, 0) is 6.42 Å². The van der Waals surface area contributed by atoms with Gasteiger partial charge in [0.25, 0.3) is 0 Å². The number of hydrogen-bond acceptors (Lipinski definition) is 2. The van der Waals surface area contributed by atoms with Gasteiger partial charge in [-0.05, 0) is 42.8 Å². The van der Waals surface area contributed by atoms with Crippen molar-refractivity contribution >= 4 is 11.2 Å². The van der Waals surface area contributed by atoms with Gasteiger partial charge in [-0.15, -0.1) is 0 Å². The molecule has 4 heteroatoms. The lowest BCUT2D eigenvalue weighted by atomic mass is 10.1. The van der Waals surface area contributed by atoms with E-state index in [9.17, 15) is 4.39 Å². The van der Waals surface area contributed by atoms with Gasteiger partial charge >= 0.3 is 0 Å². The molecule has 0 saturated heterocycles. The molecule has 4 aromatic rings. The normalized spacial score (nSPS) is 11.1. The Kier molecular flexibility index (Phi) is 3.58. The number of aromatic nitrogens is 3. The maximum absolute atomic E-state index is 13.7. The largest absolute Gasteiger partial charge is 0.280 e. The average molecular weight is 317 g/mol. The van der Waals surface area contributed by atoms with E-state index >= 15 is 0 Å². The molecular weight excluding hydrogens is 301 g/mol. The van der Waals surface area contributed by atoms with Gasteiger partial charge in [-0.3, -0.25) is 4.57 Å². The molecule has 0 fully saturated rings. The van der Waals surface area contributed by atoms with Crippen molar-refractivity contribution in [3.63, 3.8) is 0 Å². The van der Waals surface area contributed by atoms with Crippen LogP contribution in [0.25, 0.3) is 16.9 Å². The maximum atomic E-state index is 13.7. The van der Waals surface area contributed by atoms with E-state index < -0.39 is 0 Å². The fourth-order valence-electron chi connectivity index (χ4n) is 2.85. The summed E-state index contributed by atoms with van der Waals surface area (Å²) in [7, 11) is 0. The topological polar surface area (TPSA) is 30.7 Å². The van der Waals surface area contributed by atoms with Gasteiger partial charge < -0.3 is 0 Å². The highest BCUT2D eigenvalue weighted by Gasteiger charge is 2.14. The molecule has 2 aromatic heterocycles. The van der Waals surface area contributed by atoms with Gasteiger partial charge in [0.2, 0.25) is 0 Å². The first kappa shape index (κ1) is 14.6. The Morgan fingerprint density at radius 2 is 1.83 bits per heavy atom. The first-order valence-corrected chi connectivity index (χ1v) is 7.84. The Morgan fingerprint density at radius 3 is 2.62 bits per heavy atom. The zero-order valence-corrected chi connectivity index (χ0v) is 13.3. The molecule has 0 N–H and O–H groups in total. The number of nitrogens with zero attached hydrogens (tertiary/aromatic N) is 3. The SMILES string of the molecule is Cc1ccc(Cc2nc3cccnc3n2-c2cccc(F)c2)cc1. The molecule has 0 atom stereocenters. The number of halogens is 1. The minimum absolute atomic E-state index is 0.272. The quantitative estimate of drug-likeness (QED) is 0.558. The van der Waals surface area contributed by atoms with Crippen molar-refractivity contribution in [3.05, 3.63) is 89.6 Å². The van der Waals surface area contributed by atoms with Gasteiger partial charge in [0, 0.05) is 12.6 Å². The van der Waals surface area contributed by atoms with Crippen LogP contribution in [0.1, 0.15) is 17.0 Å². The number of benzene rings is 2. The van der Waals surface area contributed by atoms with Gasteiger partial charge in [0.05, 0.1) is 5.69 Å². The molecular formula is C20H16FN3. The summed E-state index contributed by atoms with van der Waals surface area (Å²) in [4.78, 5) is 9.16. The molecule has 0 aliphatic carbocycles. The first-order chi connectivity index (χ1) is 11.7. The predicted octanol–water partition coefficient (Wildman–Crippen LogP) is 4.46. The Bertz CT molecular complexity index is 1000. The lowest BCUT2D eigenvalue weighted by Gasteiger charge is -2.09. The molecule has 0 unspecified atom stereocenters. The molecule has 4 rings (SSSR count). The molecule has 0 spiro atoms. The smallest absolute Gasteiger partial charge is 0.164 e. The molecule has 0 aliphatic heterocycles. The summed E-state index contributed by atoms with van der Waals surface area (Å²) in [5.74, 6) is 0.574. The van der Waals surface area contributed by atoms with E-state index in [1.807, 2.05) is 22.8 Å². The fourth-order valence-corrected chi connectivity index (χ4v) is 2.85. The van der Waals surface area contributed by atoms with Crippen LogP contribution in [-0.4, -0.2) is 14.5 Å². The van der Waals surface area contributed by atoms with Crippen molar-refractivity contribution in [2.24, 2.45) is 0 Å². The van der Waals surface area contributed by atoms with Crippen LogP contribution in [0, 0.1) is 12.7 Å². The number of fused-ring (bicyclic) bond motifs is 1. The zero-order valence-electron chi connectivity index (χ0n) is 13.3. The van der Waals surface area contributed by atoms with Crippen molar-refractivity contribution in [2.75, 3.05) is 0 Å². The first-order valence-electron chi connectivity index (χ1n) is 7.84. The van der Waals surface area contributed by atoms with Crippen LogP contribution in [0.2, 0.25) is 0 Å². The molecule has 24 heavy (non-hydrogen) atoms. The van der Waals surface area contributed by atoms with Crippen LogP contribution >= 0.6 is 0 Å². The highest BCUT2D eigenvalue weighted by Crippen LogP contribution is 2.22. The van der Waals surface area contributed by atoms with E-state index in [0.717, 1.165) is 28.2 Å². The third-order valence-electron chi connectivity index (χ3n) is 4.03. The summed E-state index contributed by atoms with van der Waals surface area (Å²) < 4.78 is 15.6. The second-order valence-electron chi connectivity index (χ2n) is 5.85. The maximum Gasteiger partial charge on any atom is 0.164 e. The standard InChI is InChI=1S/C20H16FN3/c1-14-7-9-15(10-8-14)12-19-23-18-6-3-11-22-20(18)24(19)17-5-2-4-16(21)13-17/h2-11,13H,12H2,1H3. The summed E-state index contributed by atoms with van der Waals surface area (Å²) in [5, 5.41) is 0. The second kappa shape index (κ2) is 5.89. The molecule has 2 heterocycles. The van der Waals surface area contributed by atoms with Crippen LogP contribution in [0.4, 0.5) is 4.39 Å². The molecule has 118 valence electrons. The van der Waals surface area contributed by atoms with Crippen molar-refractivity contribution in [1.82, 2.24) is 14.5 Å². The van der Waals surface area contributed by atoms with Crippen molar-refractivity contribution < 1.29 is 4.39 Å². The van der Waals surface area contributed by atoms with Gasteiger partial charge in [-0.2, -0.15) is 0 Å². The zero-order chi connectivity index (χ0) is 16.5. The summed E-state index contributed by atoms with van der Waals surface area (Å²) in [6.07, 6.45) is 2.39. The third kappa shape index (κ3) is 2.67. The molecule has 0 amide bonds. The molecule has 0 bridgehead atoms. The Balaban J connectivity index is 1.88. The molecule has 0 aliphatic rings. The number of aryl methyl sites for hydroxylation is 1. The molecule has 3 nitrogen and oxygen atoms in total. The van der Waals surface area contributed by atoms with E-state index in [0.29, 0.717) is 6.42 Å². The van der Waals surface area contributed by atoms with Crippen LogP contribution < -0.4 is 0 Å². The van der Waals surface area contributed by atoms with E-state index in [-0.39, 0.29) is 5.82 Å².